The fourth-order valence-corrected chi connectivity index (χ4v) is 4.05. The normalized spacial score (nSPS) is 24.8. The van der Waals surface area contributed by atoms with Crippen molar-refractivity contribution in [3.63, 3.8) is 0 Å². The minimum atomic E-state index is 0.186. The second-order valence-electron chi connectivity index (χ2n) is 6.41. The first-order valence-electron chi connectivity index (χ1n) is 8.09. The molecule has 3 rings (SSSR count). The maximum Gasteiger partial charge on any atom is 0.170 e. The van der Waals surface area contributed by atoms with Crippen LogP contribution in [-0.2, 0) is 6.54 Å². The SMILES string of the molecule is NC(=NO)c1cccc(CN2CCCC2C2CCCC2)c1. The van der Waals surface area contributed by atoms with Crippen LogP contribution in [0, 0.1) is 5.92 Å². The van der Waals surface area contributed by atoms with E-state index < -0.39 is 0 Å². The van der Waals surface area contributed by atoms with E-state index in [1.807, 2.05) is 18.2 Å². The fourth-order valence-electron chi connectivity index (χ4n) is 4.05. The summed E-state index contributed by atoms with van der Waals surface area (Å²) in [5, 5.41) is 11.9. The smallest absolute Gasteiger partial charge is 0.170 e. The van der Waals surface area contributed by atoms with E-state index in [0.29, 0.717) is 0 Å². The first-order chi connectivity index (χ1) is 10.3. The lowest BCUT2D eigenvalue weighted by Gasteiger charge is -2.29. The predicted molar refractivity (Wildman–Crippen MR) is 84.3 cm³/mol. The molecule has 2 aliphatic rings. The lowest BCUT2D eigenvalue weighted by molar-refractivity contribution is 0.183. The number of nitrogens with two attached hydrogens (primary N) is 1. The predicted octanol–water partition coefficient (Wildman–Crippen LogP) is 2.94. The summed E-state index contributed by atoms with van der Waals surface area (Å²) in [4.78, 5) is 2.64. The summed E-state index contributed by atoms with van der Waals surface area (Å²) in [7, 11) is 0. The van der Waals surface area contributed by atoms with Gasteiger partial charge < -0.3 is 10.9 Å². The molecule has 1 heterocycles. The van der Waals surface area contributed by atoms with Crippen LogP contribution in [0.4, 0.5) is 0 Å². The molecule has 0 radical (unpaired) electrons. The van der Waals surface area contributed by atoms with Gasteiger partial charge in [-0.05, 0) is 49.8 Å². The third-order valence-corrected chi connectivity index (χ3v) is 5.07. The molecule has 1 unspecified atom stereocenters. The van der Waals surface area contributed by atoms with Crippen molar-refractivity contribution in [1.29, 1.82) is 0 Å². The third-order valence-electron chi connectivity index (χ3n) is 5.07. The van der Waals surface area contributed by atoms with Gasteiger partial charge >= 0.3 is 0 Å². The number of nitrogens with zero attached hydrogens (tertiary/aromatic N) is 2. The van der Waals surface area contributed by atoms with Crippen LogP contribution in [0.1, 0.15) is 49.7 Å². The Kier molecular flexibility index (Phi) is 4.44. The van der Waals surface area contributed by atoms with E-state index in [2.05, 4.69) is 16.1 Å². The molecular formula is C17H25N3O. The fraction of sp³-hybridized carbons (Fsp3) is 0.588. The summed E-state index contributed by atoms with van der Waals surface area (Å²) in [6.45, 7) is 2.18. The van der Waals surface area contributed by atoms with E-state index >= 15 is 0 Å². The Bertz CT molecular complexity index is 509. The molecule has 3 N–H and O–H groups in total. The molecule has 114 valence electrons. The molecule has 2 fully saturated rings. The summed E-state index contributed by atoms with van der Waals surface area (Å²) >= 11 is 0. The van der Waals surface area contributed by atoms with E-state index in [4.69, 9.17) is 10.9 Å². The van der Waals surface area contributed by atoms with Gasteiger partial charge in [-0.15, -0.1) is 0 Å². The van der Waals surface area contributed by atoms with E-state index in [1.165, 1.54) is 50.6 Å². The average molecular weight is 287 g/mol. The van der Waals surface area contributed by atoms with Crippen LogP contribution in [0.25, 0.3) is 0 Å². The van der Waals surface area contributed by atoms with Crippen LogP contribution in [0.3, 0.4) is 0 Å². The molecule has 1 aliphatic heterocycles. The monoisotopic (exact) mass is 287 g/mol. The van der Waals surface area contributed by atoms with Crippen LogP contribution < -0.4 is 5.73 Å². The summed E-state index contributed by atoms with van der Waals surface area (Å²) in [6.07, 6.45) is 8.31. The zero-order valence-corrected chi connectivity index (χ0v) is 12.5. The molecule has 1 saturated heterocycles. The highest BCUT2D eigenvalue weighted by atomic mass is 16.4. The van der Waals surface area contributed by atoms with Crippen molar-refractivity contribution >= 4 is 5.84 Å². The van der Waals surface area contributed by atoms with Crippen molar-refractivity contribution in [2.75, 3.05) is 6.54 Å². The second-order valence-corrected chi connectivity index (χ2v) is 6.41. The van der Waals surface area contributed by atoms with E-state index in [0.717, 1.165) is 24.1 Å². The van der Waals surface area contributed by atoms with Gasteiger partial charge in [0, 0.05) is 18.2 Å². The minimum Gasteiger partial charge on any atom is -0.409 e. The number of oxime groups is 1. The van der Waals surface area contributed by atoms with E-state index in [1.54, 1.807) is 0 Å². The standard InChI is InChI=1S/C17H25N3O/c18-17(19-21)15-8-3-5-13(11-15)12-20-10-4-9-16(20)14-6-1-2-7-14/h3,5,8,11,14,16,21H,1-2,4,6-7,9-10,12H2,(H2,18,19). The van der Waals surface area contributed by atoms with Gasteiger partial charge in [-0.3, -0.25) is 4.90 Å². The van der Waals surface area contributed by atoms with Crippen LogP contribution in [0.5, 0.6) is 0 Å². The first kappa shape index (κ1) is 14.4. The van der Waals surface area contributed by atoms with Gasteiger partial charge in [0.2, 0.25) is 0 Å². The molecule has 4 nitrogen and oxygen atoms in total. The molecule has 1 saturated carbocycles. The summed E-state index contributed by atoms with van der Waals surface area (Å²) in [5.41, 5.74) is 7.74. The summed E-state index contributed by atoms with van der Waals surface area (Å²) in [6, 6.07) is 8.82. The zero-order valence-electron chi connectivity index (χ0n) is 12.5. The van der Waals surface area contributed by atoms with Crippen molar-refractivity contribution < 1.29 is 5.21 Å². The number of likely N-dealkylation sites (tertiary alicyclic amines) is 1. The molecule has 21 heavy (non-hydrogen) atoms. The van der Waals surface area contributed by atoms with Gasteiger partial charge in [-0.1, -0.05) is 36.2 Å². The van der Waals surface area contributed by atoms with Gasteiger partial charge in [0.25, 0.3) is 0 Å². The van der Waals surface area contributed by atoms with Crippen LogP contribution in [0.2, 0.25) is 0 Å². The number of hydrogen-bond acceptors (Lipinski definition) is 3. The van der Waals surface area contributed by atoms with Crippen molar-refractivity contribution in [3.8, 4) is 0 Å². The minimum absolute atomic E-state index is 0.186. The van der Waals surface area contributed by atoms with Crippen molar-refractivity contribution in [1.82, 2.24) is 4.90 Å². The number of hydrogen-bond donors (Lipinski definition) is 2. The third kappa shape index (κ3) is 3.21. The Morgan fingerprint density at radius 3 is 2.81 bits per heavy atom. The zero-order chi connectivity index (χ0) is 14.7. The Balaban J connectivity index is 1.70. The highest BCUT2D eigenvalue weighted by Crippen LogP contribution is 2.36. The Hall–Kier alpha value is -1.55. The molecule has 1 aliphatic carbocycles. The summed E-state index contributed by atoms with van der Waals surface area (Å²) < 4.78 is 0. The molecule has 1 aromatic rings. The van der Waals surface area contributed by atoms with Crippen molar-refractivity contribution in [2.45, 2.75) is 51.1 Å². The van der Waals surface area contributed by atoms with Crippen molar-refractivity contribution in [3.05, 3.63) is 35.4 Å². The number of amidine groups is 1. The topological polar surface area (TPSA) is 61.9 Å². The van der Waals surface area contributed by atoms with Gasteiger partial charge in [-0.25, -0.2) is 0 Å². The molecule has 1 aromatic carbocycles. The first-order valence-corrected chi connectivity index (χ1v) is 8.09. The summed E-state index contributed by atoms with van der Waals surface area (Å²) in [5.74, 6) is 1.09. The van der Waals surface area contributed by atoms with Crippen LogP contribution in [-0.4, -0.2) is 28.5 Å². The van der Waals surface area contributed by atoms with Gasteiger partial charge in [-0.2, -0.15) is 0 Å². The molecule has 0 spiro atoms. The van der Waals surface area contributed by atoms with Crippen molar-refractivity contribution in [2.24, 2.45) is 16.8 Å². The molecular weight excluding hydrogens is 262 g/mol. The van der Waals surface area contributed by atoms with Gasteiger partial charge in [0.05, 0.1) is 0 Å². The van der Waals surface area contributed by atoms with Gasteiger partial charge in [0.15, 0.2) is 5.84 Å². The highest BCUT2D eigenvalue weighted by Gasteiger charge is 2.32. The van der Waals surface area contributed by atoms with Gasteiger partial charge in [0.1, 0.15) is 0 Å². The number of benzene rings is 1. The Morgan fingerprint density at radius 2 is 2.05 bits per heavy atom. The maximum absolute atomic E-state index is 8.80. The molecule has 0 aromatic heterocycles. The maximum atomic E-state index is 8.80. The molecule has 4 heteroatoms. The molecule has 0 amide bonds. The molecule has 1 atom stereocenters. The molecule has 0 bridgehead atoms. The Morgan fingerprint density at radius 1 is 1.24 bits per heavy atom. The van der Waals surface area contributed by atoms with Crippen LogP contribution in [0.15, 0.2) is 29.4 Å². The quantitative estimate of drug-likeness (QED) is 0.387. The van der Waals surface area contributed by atoms with E-state index in [9.17, 15) is 0 Å². The second kappa shape index (κ2) is 6.48. The average Bonchev–Trinajstić information content (AvgIpc) is 3.17. The lowest BCUT2D eigenvalue weighted by atomic mass is 9.95. The Labute approximate surface area is 126 Å². The van der Waals surface area contributed by atoms with Crippen LogP contribution >= 0.6 is 0 Å². The highest BCUT2D eigenvalue weighted by molar-refractivity contribution is 5.97. The lowest BCUT2D eigenvalue weighted by Crippen LogP contribution is -2.34. The largest absolute Gasteiger partial charge is 0.409 e. The van der Waals surface area contributed by atoms with E-state index in [-0.39, 0.29) is 5.84 Å². The number of rotatable bonds is 4.